The van der Waals surface area contributed by atoms with E-state index in [2.05, 4.69) is 43.0 Å². The second kappa shape index (κ2) is 7.67. The number of fused-ring (bicyclic) bond motifs is 2. The van der Waals surface area contributed by atoms with Gasteiger partial charge in [-0.2, -0.15) is 0 Å². The molecule has 0 heterocycles. The maximum atomic E-state index is 11.9. The Morgan fingerprint density at radius 1 is 1.00 bits per heavy atom. The lowest BCUT2D eigenvalue weighted by Crippen LogP contribution is -2.21. The zero-order valence-corrected chi connectivity index (χ0v) is 16.7. The first-order valence-electron chi connectivity index (χ1n) is 10.3. The first-order valence-corrected chi connectivity index (χ1v) is 10.3. The van der Waals surface area contributed by atoms with Crippen molar-refractivity contribution in [3.63, 3.8) is 0 Å². The number of aromatic carboxylic acids is 1. The van der Waals surface area contributed by atoms with E-state index in [4.69, 9.17) is 0 Å². The number of hydrogen-bond donors (Lipinski definition) is 1. The number of carbonyl (C=O) groups is 1. The Kier molecular flexibility index (Phi) is 5.08. The molecule has 0 aromatic heterocycles. The van der Waals surface area contributed by atoms with Crippen LogP contribution >= 0.6 is 0 Å². The second-order valence-corrected chi connectivity index (χ2v) is 7.52. The SMILES string of the molecule is CCN(CC)c1ccc2c(-c3ccccc3C(=O)O)c3c(cc2c1)CCCC3. The standard InChI is InChI=1S/C25H27NO2/c1-3-26(4-2)19-13-14-21-18(16-19)15-17-9-5-6-10-20(17)24(21)22-11-7-8-12-23(22)25(27)28/h7-8,11-16H,3-6,9-10H2,1-2H3,(H,27,28). The van der Waals surface area contributed by atoms with Gasteiger partial charge in [0, 0.05) is 18.8 Å². The van der Waals surface area contributed by atoms with Gasteiger partial charge in [-0.1, -0.05) is 30.3 Å². The summed E-state index contributed by atoms with van der Waals surface area (Å²) in [5.74, 6) is -0.864. The molecule has 0 spiro atoms. The largest absolute Gasteiger partial charge is 0.478 e. The highest BCUT2D eigenvalue weighted by molar-refractivity contribution is 6.06. The number of anilines is 1. The van der Waals surface area contributed by atoms with Crippen molar-refractivity contribution < 1.29 is 9.90 Å². The third kappa shape index (κ3) is 3.15. The molecule has 0 saturated heterocycles. The van der Waals surface area contributed by atoms with Gasteiger partial charge in [0.15, 0.2) is 0 Å². The number of carboxylic acid groups (broad SMARTS) is 1. The highest BCUT2D eigenvalue weighted by Crippen LogP contribution is 2.40. The summed E-state index contributed by atoms with van der Waals surface area (Å²) in [5.41, 5.74) is 6.29. The van der Waals surface area contributed by atoms with E-state index in [-0.39, 0.29) is 0 Å². The van der Waals surface area contributed by atoms with Gasteiger partial charge < -0.3 is 10.0 Å². The van der Waals surface area contributed by atoms with Crippen LogP contribution in [0.25, 0.3) is 21.9 Å². The maximum Gasteiger partial charge on any atom is 0.336 e. The van der Waals surface area contributed by atoms with Gasteiger partial charge in [0.2, 0.25) is 0 Å². The molecule has 0 atom stereocenters. The number of hydrogen-bond acceptors (Lipinski definition) is 2. The van der Waals surface area contributed by atoms with Gasteiger partial charge >= 0.3 is 5.97 Å². The van der Waals surface area contributed by atoms with Crippen LogP contribution in [0, 0.1) is 0 Å². The van der Waals surface area contributed by atoms with Crippen LogP contribution in [0.3, 0.4) is 0 Å². The van der Waals surface area contributed by atoms with Crippen LogP contribution < -0.4 is 4.90 Å². The van der Waals surface area contributed by atoms with Crippen molar-refractivity contribution in [2.24, 2.45) is 0 Å². The van der Waals surface area contributed by atoms with Crippen LogP contribution in [0.4, 0.5) is 5.69 Å². The zero-order chi connectivity index (χ0) is 19.7. The first-order chi connectivity index (χ1) is 13.6. The molecule has 3 aromatic rings. The molecule has 3 nitrogen and oxygen atoms in total. The Balaban J connectivity index is 2.03. The van der Waals surface area contributed by atoms with Crippen molar-refractivity contribution in [3.8, 4) is 11.1 Å². The number of rotatable bonds is 5. The summed E-state index contributed by atoms with van der Waals surface area (Å²) in [6.45, 7) is 6.30. The summed E-state index contributed by atoms with van der Waals surface area (Å²) in [5, 5.41) is 12.1. The van der Waals surface area contributed by atoms with E-state index >= 15 is 0 Å². The zero-order valence-electron chi connectivity index (χ0n) is 16.7. The Morgan fingerprint density at radius 3 is 2.50 bits per heavy atom. The van der Waals surface area contributed by atoms with Gasteiger partial charge in [-0.25, -0.2) is 4.79 Å². The molecule has 28 heavy (non-hydrogen) atoms. The topological polar surface area (TPSA) is 40.5 Å². The molecule has 0 aliphatic heterocycles. The normalized spacial score (nSPS) is 13.4. The van der Waals surface area contributed by atoms with Crippen LogP contribution in [0.5, 0.6) is 0 Å². The fourth-order valence-electron chi connectivity index (χ4n) is 4.60. The number of nitrogens with zero attached hydrogens (tertiary/aromatic N) is 1. The lowest BCUT2D eigenvalue weighted by atomic mass is 9.81. The van der Waals surface area contributed by atoms with Crippen LogP contribution in [0.2, 0.25) is 0 Å². The maximum absolute atomic E-state index is 11.9. The minimum atomic E-state index is -0.864. The second-order valence-electron chi connectivity index (χ2n) is 7.52. The third-order valence-electron chi connectivity index (χ3n) is 6.00. The van der Waals surface area contributed by atoms with Crippen LogP contribution in [-0.2, 0) is 12.8 Å². The van der Waals surface area contributed by atoms with E-state index in [1.165, 1.54) is 28.6 Å². The van der Waals surface area contributed by atoms with Crippen LogP contribution in [-0.4, -0.2) is 24.2 Å². The molecular formula is C25H27NO2. The van der Waals surface area contributed by atoms with Gasteiger partial charge in [-0.15, -0.1) is 0 Å². The van der Waals surface area contributed by atoms with Crippen molar-refractivity contribution in [3.05, 3.63) is 65.2 Å². The fourth-order valence-corrected chi connectivity index (χ4v) is 4.60. The molecule has 3 aromatic carbocycles. The Bertz CT molecular complexity index is 1030. The highest BCUT2D eigenvalue weighted by Gasteiger charge is 2.21. The lowest BCUT2D eigenvalue weighted by molar-refractivity contribution is 0.0697. The molecule has 1 N–H and O–H groups in total. The van der Waals surface area contributed by atoms with Crippen LogP contribution in [0.1, 0.15) is 48.2 Å². The quantitative estimate of drug-likeness (QED) is 0.602. The van der Waals surface area contributed by atoms with Gasteiger partial charge in [0.05, 0.1) is 5.56 Å². The minimum absolute atomic E-state index is 0.385. The van der Waals surface area contributed by atoms with Crippen molar-refractivity contribution in [1.82, 2.24) is 0 Å². The Labute approximate surface area is 166 Å². The van der Waals surface area contributed by atoms with E-state index < -0.39 is 5.97 Å². The lowest BCUT2D eigenvalue weighted by Gasteiger charge is -2.25. The van der Waals surface area contributed by atoms with Crippen LogP contribution in [0.15, 0.2) is 48.5 Å². The Hall–Kier alpha value is -2.81. The van der Waals surface area contributed by atoms with E-state index in [1.54, 1.807) is 6.07 Å². The molecule has 1 aliphatic rings. The van der Waals surface area contributed by atoms with Crippen molar-refractivity contribution in [1.29, 1.82) is 0 Å². The third-order valence-corrected chi connectivity index (χ3v) is 6.00. The number of carboxylic acids is 1. The Morgan fingerprint density at radius 2 is 1.75 bits per heavy atom. The molecule has 0 amide bonds. The van der Waals surface area contributed by atoms with E-state index in [9.17, 15) is 9.90 Å². The molecule has 1 aliphatic carbocycles. The van der Waals surface area contributed by atoms with E-state index in [0.717, 1.165) is 48.9 Å². The van der Waals surface area contributed by atoms with Gasteiger partial charge in [-0.3, -0.25) is 0 Å². The molecule has 144 valence electrons. The van der Waals surface area contributed by atoms with Gasteiger partial charge in [-0.05, 0) is 90.8 Å². The predicted octanol–water partition coefficient (Wildman–Crippen LogP) is 5.93. The smallest absolute Gasteiger partial charge is 0.336 e. The average molecular weight is 373 g/mol. The molecule has 0 radical (unpaired) electrons. The van der Waals surface area contributed by atoms with E-state index in [1.807, 2.05) is 18.2 Å². The molecule has 0 saturated carbocycles. The molecular weight excluding hydrogens is 346 g/mol. The summed E-state index contributed by atoms with van der Waals surface area (Å²) >= 11 is 0. The molecule has 3 heteroatoms. The van der Waals surface area contributed by atoms with Crippen molar-refractivity contribution in [2.75, 3.05) is 18.0 Å². The number of aryl methyl sites for hydroxylation is 1. The first kappa shape index (κ1) is 18.5. The summed E-state index contributed by atoms with van der Waals surface area (Å²) in [4.78, 5) is 14.3. The fraction of sp³-hybridized carbons (Fsp3) is 0.320. The van der Waals surface area contributed by atoms with Crippen molar-refractivity contribution >= 4 is 22.4 Å². The minimum Gasteiger partial charge on any atom is -0.478 e. The summed E-state index contributed by atoms with van der Waals surface area (Å²) in [7, 11) is 0. The highest BCUT2D eigenvalue weighted by atomic mass is 16.4. The summed E-state index contributed by atoms with van der Waals surface area (Å²) < 4.78 is 0. The summed E-state index contributed by atoms with van der Waals surface area (Å²) in [6, 6.07) is 16.4. The van der Waals surface area contributed by atoms with Gasteiger partial charge in [0.1, 0.15) is 0 Å². The molecule has 0 fully saturated rings. The summed E-state index contributed by atoms with van der Waals surface area (Å²) in [6.07, 6.45) is 4.46. The van der Waals surface area contributed by atoms with E-state index in [0.29, 0.717) is 5.56 Å². The molecule has 0 unspecified atom stereocenters. The number of benzene rings is 3. The average Bonchev–Trinajstić information content (AvgIpc) is 2.72. The molecule has 4 rings (SSSR count). The van der Waals surface area contributed by atoms with Gasteiger partial charge in [0.25, 0.3) is 0 Å². The monoisotopic (exact) mass is 373 g/mol. The van der Waals surface area contributed by atoms with Crippen molar-refractivity contribution in [2.45, 2.75) is 39.5 Å². The molecule has 0 bridgehead atoms. The predicted molar refractivity (Wildman–Crippen MR) is 117 cm³/mol.